The van der Waals surface area contributed by atoms with Gasteiger partial charge in [-0.05, 0) is 30.3 Å². The van der Waals surface area contributed by atoms with E-state index in [1.54, 1.807) is 0 Å². The molecule has 9 heteroatoms. The average Bonchev–Trinajstić information content (AvgIpc) is 3.14. The van der Waals surface area contributed by atoms with Crippen molar-refractivity contribution in [3.05, 3.63) is 62.8 Å². The van der Waals surface area contributed by atoms with Crippen molar-refractivity contribution in [2.24, 2.45) is 5.10 Å². The highest BCUT2D eigenvalue weighted by molar-refractivity contribution is 7.15. The molecule has 2 heterocycles. The molecule has 1 atom stereocenters. The van der Waals surface area contributed by atoms with Gasteiger partial charge in [-0.1, -0.05) is 11.3 Å². The third-order valence-electron chi connectivity index (χ3n) is 3.09. The zero-order valence-electron chi connectivity index (χ0n) is 11.8. The van der Waals surface area contributed by atoms with Gasteiger partial charge in [-0.3, -0.25) is 14.9 Å². The highest BCUT2D eigenvalue weighted by Gasteiger charge is 2.35. The summed E-state index contributed by atoms with van der Waals surface area (Å²) < 4.78 is 18.7. The fourth-order valence-corrected chi connectivity index (χ4v) is 2.87. The Labute approximate surface area is 133 Å². The number of hydrogen-bond donors (Lipinski definition) is 0. The van der Waals surface area contributed by atoms with Gasteiger partial charge >= 0.3 is 5.00 Å². The van der Waals surface area contributed by atoms with Crippen LogP contribution in [-0.4, -0.2) is 21.7 Å². The Morgan fingerprint density at radius 1 is 1.35 bits per heavy atom. The first-order valence-electron chi connectivity index (χ1n) is 6.51. The first-order chi connectivity index (χ1) is 11.0. The largest absolute Gasteiger partial charge is 0.445 e. The molecule has 1 aromatic heterocycles. The first-order valence-corrected chi connectivity index (χ1v) is 7.32. The molecule has 0 aliphatic carbocycles. The van der Waals surface area contributed by atoms with E-state index in [4.69, 9.17) is 4.74 Å². The number of nitro groups is 1. The summed E-state index contributed by atoms with van der Waals surface area (Å²) in [6.07, 6.45) is -0.869. The molecule has 0 bridgehead atoms. The Balaban J connectivity index is 1.91. The standard InChI is InChI=1S/C14H10FN3O4S/c1-8(19)17-14(11-6-7-12(23-11)18(20)21)22-13(16-17)9-2-4-10(15)5-3-9/h2-7,14H,1H3/t14-/m1/s1. The van der Waals surface area contributed by atoms with Crippen LogP contribution in [0.4, 0.5) is 9.39 Å². The normalized spacial score (nSPS) is 16.9. The van der Waals surface area contributed by atoms with E-state index < -0.39 is 17.0 Å². The van der Waals surface area contributed by atoms with Crippen LogP contribution in [0.3, 0.4) is 0 Å². The van der Waals surface area contributed by atoms with E-state index in [1.807, 2.05) is 0 Å². The fraction of sp³-hybridized carbons (Fsp3) is 0.143. The van der Waals surface area contributed by atoms with Gasteiger partial charge in [-0.25, -0.2) is 4.39 Å². The second-order valence-electron chi connectivity index (χ2n) is 4.68. The summed E-state index contributed by atoms with van der Waals surface area (Å²) in [6.45, 7) is 1.31. The Morgan fingerprint density at radius 3 is 2.61 bits per heavy atom. The van der Waals surface area contributed by atoms with E-state index in [2.05, 4.69) is 5.10 Å². The fourth-order valence-electron chi connectivity index (χ4n) is 2.03. The van der Waals surface area contributed by atoms with Crippen molar-refractivity contribution in [3.8, 4) is 0 Å². The number of ether oxygens (including phenoxy) is 1. The van der Waals surface area contributed by atoms with Gasteiger partial charge in [0, 0.05) is 18.6 Å². The molecule has 1 aliphatic heterocycles. The van der Waals surface area contributed by atoms with Crippen LogP contribution in [0.2, 0.25) is 0 Å². The molecule has 0 saturated heterocycles. The van der Waals surface area contributed by atoms with E-state index in [-0.39, 0.29) is 16.8 Å². The highest BCUT2D eigenvalue weighted by Crippen LogP contribution is 2.36. The number of amides is 1. The number of benzene rings is 1. The van der Waals surface area contributed by atoms with Crippen LogP contribution in [-0.2, 0) is 9.53 Å². The third kappa shape index (κ3) is 2.90. The summed E-state index contributed by atoms with van der Waals surface area (Å²) in [7, 11) is 0. The van der Waals surface area contributed by atoms with Crippen molar-refractivity contribution in [3.63, 3.8) is 0 Å². The topological polar surface area (TPSA) is 85.0 Å². The Morgan fingerprint density at radius 2 is 2.04 bits per heavy atom. The van der Waals surface area contributed by atoms with Crippen molar-refractivity contribution in [2.75, 3.05) is 0 Å². The summed E-state index contributed by atoms with van der Waals surface area (Å²) in [4.78, 5) is 22.5. The number of rotatable bonds is 3. The van der Waals surface area contributed by atoms with E-state index in [9.17, 15) is 19.3 Å². The van der Waals surface area contributed by atoms with E-state index in [1.165, 1.54) is 43.3 Å². The summed E-state index contributed by atoms with van der Waals surface area (Å²) in [5.74, 6) is -0.620. The molecule has 0 unspecified atom stereocenters. The van der Waals surface area contributed by atoms with Crippen molar-refractivity contribution in [1.82, 2.24) is 5.01 Å². The van der Waals surface area contributed by atoms with Gasteiger partial charge in [-0.2, -0.15) is 5.01 Å². The summed E-state index contributed by atoms with van der Waals surface area (Å²) in [5, 5.41) is 15.9. The second-order valence-corrected chi connectivity index (χ2v) is 5.77. The van der Waals surface area contributed by atoms with E-state index in [0.717, 1.165) is 16.3 Å². The Hall–Kier alpha value is -2.81. The quantitative estimate of drug-likeness (QED) is 0.637. The maximum atomic E-state index is 13.0. The number of carbonyl (C=O) groups excluding carboxylic acids is 1. The average molecular weight is 335 g/mol. The summed E-state index contributed by atoms with van der Waals surface area (Å²) in [6, 6.07) is 8.33. The van der Waals surface area contributed by atoms with Crippen molar-refractivity contribution in [1.29, 1.82) is 0 Å². The van der Waals surface area contributed by atoms with Crippen LogP contribution in [0.25, 0.3) is 0 Å². The van der Waals surface area contributed by atoms with Crippen molar-refractivity contribution < 1.29 is 18.8 Å². The zero-order valence-corrected chi connectivity index (χ0v) is 12.6. The van der Waals surface area contributed by atoms with Crippen molar-refractivity contribution in [2.45, 2.75) is 13.2 Å². The minimum atomic E-state index is -0.869. The summed E-state index contributed by atoms with van der Waals surface area (Å²) in [5.41, 5.74) is 0.506. The molecule has 0 fully saturated rings. The number of carbonyl (C=O) groups is 1. The molecule has 118 valence electrons. The van der Waals surface area contributed by atoms with Crippen LogP contribution >= 0.6 is 11.3 Å². The molecule has 0 saturated carbocycles. The van der Waals surface area contributed by atoms with Gasteiger partial charge in [0.15, 0.2) is 0 Å². The molecule has 0 radical (unpaired) electrons. The Bertz CT molecular complexity index is 803. The predicted molar refractivity (Wildman–Crippen MR) is 80.3 cm³/mol. The maximum absolute atomic E-state index is 13.0. The lowest BCUT2D eigenvalue weighted by molar-refractivity contribution is -0.380. The first kappa shape index (κ1) is 15.1. The van der Waals surface area contributed by atoms with E-state index in [0.29, 0.717) is 10.4 Å². The lowest BCUT2D eigenvalue weighted by atomic mass is 10.2. The number of nitrogens with zero attached hydrogens (tertiary/aromatic N) is 3. The number of hydrazone groups is 1. The van der Waals surface area contributed by atoms with Gasteiger partial charge in [0.1, 0.15) is 5.82 Å². The number of hydrogen-bond acceptors (Lipinski definition) is 6. The molecular formula is C14H10FN3O4S. The molecule has 1 aromatic carbocycles. The number of thiophene rings is 1. The third-order valence-corrected chi connectivity index (χ3v) is 4.16. The van der Waals surface area contributed by atoms with Gasteiger partial charge in [0.05, 0.1) is 9.80 Å². The molecule has 0 spiro atoms. The highest BCUT2D eigenvalue weighted by atomic mass is 32.1. The molecule has 1 amide bonds. The molecule has 23 heavy (non-hydrogen) atoms. The van der Waals surface area contributed by atoms with Crippen LogP contribution in [0.5, 0.6) is 0 Å². The monoisotopic (exact) mass is 335 g/mol. The van der Waals surface area contributed by atoms with Gasteiger partial charge < -0.3 is 4.74 Å². The van der Waals surface area contributed by atoms with Gasteiger partial charge in [-0.15, -0.1) is 5.10 Å². The molecule has 3 rings (SSSR count). The van der Waals surface area contributed by atoms with Crippen molar-refractivity contribution >= 4 is 28.1 Å². The molecule has 1 aliphatic rings. The lowest BCUT2D eigenvalue weighted by Crippen LogP contribution is -2.24. The Kier molecular flexibility index (Phi) is 3.78. The molecule has 2 aromatic rings. The van der Waals surface area contributed by atoms with Gasteiger partial charge in [0.2, 0.25) is 18.0 Å². The van der Waals surface area contributed by atoms with Crippen LogP contribution < -0.4 is 0 Å². The SMILES string of the molecule is CC(=O)N1N=C(c2ccc(F)cc2)O[C@@H]1c1ccc([N+](=O)[O-])s1. The van der Waals surface area contributed by atoms with Gasteiger partial charge in [0.25, 0.3) is 0 Å². The predicted octanol–water partition coefficient (Wildman–Crippen LogP) is 3.03. The zero-order chi connectivity index (χ0) is 16.6. The number of halogens is 1. The summed E-state index contributed by atoms with van der Waals surface area (Å²) >= 11 is 0.908. The minimum absolute atomic E-state index is 0.0534. The van der Waals surface area contributed by atoms with Crippen LogP contribution in [0, 0.1) is 15.9 Å². The van der Waals surface area contributed by atoms with Crippen LogP contribution in [0.15, 0.2) is 41.5 Å². The molecule has 0 N–H and O–H groups in total. The second kappa shape index (κ2) is 5.76. The molecule has 7 nitrogen and oxygen atoms in total. The molecular weight excluding hydrogens is 325 g/mol. The maximum Gasteiger partial charge on any atom is 0.324 e. The van der Waals surface area contributed by atoms with E-state index >= 15 is 0 Å². The van der Waals surface area contributed by atoms with Crippen LogP contribution in [0.1, 0.15) is 23.6 Å². The minimum Gasteiger partial charge on any atom is -0.445 e. The lowest BCUT2D eigenvalue weighted by Gasteiger charge is -2.17. The smallest absolute Gasteiger partial charge is 0.324 e.